The summed E-state index contributed by atoms with van der Waals surface area (Å²) in [6.45, 7) is 9.96. The molecular formula is C12H25N3O. The van der Waals surface area contributed by atoms with Crippen LogP contribution in [0.4, 0.5) is 0 Å². The van der Waals surface area contributed by atoms with E-state index in [-0.39, 0.29) is 24.0 Å². The van der Waals surface area contributed by atoms with Crippen LogP contribution in [0.2, 0.25) is 0 Å². The Morgan fingerprint density at radius 1 is 1.50 bits per heavy atom. The highest BCUT2D eigenvalue weighted by molar-refractivity contribution is 5.81. The summed E-state index contributed by atoms with van der Waals surface area (Å²) >= 11 is 0. The number of hydrogen-bond acceptors (Lipinski definition) is 3. The van der Waals surface area contributed by atoms with E-state index in [1.54, 1.807) is 0 Å². The van der Waals surface area contributed by atoms with Gasteiger partial charge in [0.2, 0.25) is 5.91 Å². The molecule has 0 aromatic heterocycles. The van der Waals surface area contributed by atoms with Crippen LogP contribution in [-0.2, 0) is 4.79 Å². The van der Waals surface area contributed by atoms with Crippen molar-refractivity contribution in [3.8, 4) is 0 Å². The molecule has 0 radical (unpaired) electrons. The fraction of sp³-hybridized carbons (Fsp3) is 0.917. The molecule has 4 heteroatoms. The molecular weight excluding hydrogens is 202 g/mol. The first kappa shape index (κ1) is 13.5. The summed E-state index contributed by atoms with van der Waals surface area (Å²) < 4.78 is 0. The lowest BCUT2D eigenvalue weighted by molar-refractivity contribution is -0.126. The average Bonchev–Trinajstić information content (AvgIpc) is 2.57. The van der Waals surface area contributed by atoms with Crippen LogP contribution in [0.1, 0.15) is 34.1 Å². The van der Waals surface area contributed by atoms with Crippen molar-refractivity contribution < 1.29 is 4.79 Å². The Kier molecular flexibility index (Phi) is 4.74. The third-order valence-electron chi connectivity index (χ3n) is 3.63. The van der Waals surface area contributed by atoms with Gasteiger partial charge in [-0.2, -0.15) is 0 Å². The number of rotatable bonds is 4. The van der Waals surface area contributed by atoms with Crippen LogP contribution >= 0.6 is 0 Å². The molecule has 0 aromatic rings. The zero-order valence-corrected chi connectivity index (χ0v) is 10.9. The van der Waals surface area contributed by atoms with Gasteiger partial charge in [-0.05, 0) is 26.2 Å². The fourth-order valence-electron chi connectivity index (χ4n) is 1.98. The summed E-state index contributed by atoms with van der Waals surface area (Å²) in [7, 11) is 0. The minimum atomic E-state index is -0.0648. The van der Waals surface area contributed by atoms with Crippen LogP contribution in [-0.4, -0.2) is 42.0 Å². The van der Waals surface area contributed by atoms with Crippen LogP contribution in [0.3, 0.4) is 0 Å². The van der Waals surface area contributed by atoms with Gasteiger partial charge in [0.25, 0.3) is 0 Å². The van der Waals surface area contributed by atoms with Crippen molar-refractivity contribution >= 4 is 5.91 Å². The van der Waals surface area contributed by atoms with Gasteiger partial charge in [0, 0.05) is 25.2 Å². The highest BCUT2D eigenvalue weighted by Crippen LogP contribution is 2.17. The molecule has 1 saturated heterocycles. The van der Waals surface area contributed by atoms with Crippen LogP contribution < -0.4 is 11.1 Å². The molecule has 3 N–H and O–H groups in total. The van der Waals surface area contributed by atoms with Crippen molar-refractivity contribution in [2.45, 2.75) is 52.2 Å². The minimum Gasteiger partial charge on any atom is -0.352 e. The number of nitrogens with two attached hydrogens (primary N) is 1. The normalized spacial score (nSPS) is 30.1. The molecule has 94 valence electrons. The topological polar surface area (TPSA) is 58.4 Å². The Labute approximate surface area is 98.6 Å². The number of hydrogen-bond donors (Lipinski definition) is 2. The highest BCUT2D eigenvalue weighted by atomic mass is 16.2. The van der Waals surface area contributed by atoms with Gasteiger partial charge in [0.15, 0.2) is 0 Å². The first-order valence-corrected chi connectivity index (χ1v) is 6.25. The smallest absolute Gasteiger partial charge is 0.237 e. The Morgan fingerprint density at radius 3 is 2.56 bits per heavy atom. The minimum absolute atomic E-state index is 0.0648. The quantitative estimate of drug-likeness (QED) is 0.738. The third-order valence-corrected chi connectivity index (χ3v) is 3.63. The molecule has 1 rings (SSSR count). The van der Waals surface area contributed by atoms with Crippen molar-refractivity contribution in [1.29, 1.82) is 0 Å². The van der Waals surface area contributed by atoms with Gasteiger partial charge in [-0.15, -0.1) is 0 Å². The number of nitrogens with zero attached hydrogens (tertiary/aromatic N) is 1. The molecule has 0 aliphatic carbocycles. The van der Waals surface area contributed by atoms with E-state index < -0.39 is 0 Å². The largest absolute Gasteiger partial charge is 0.352 e. The lowest BCUT2D eigenvalue weighted by Crippen LogP contribution is -2.47. The lowest BCUT2D eigenvalue weighted by Gasteiger charge is -2.24. The first-order chi connectivity index (χ1) is 7.45. The van der Waals surface area contributed by atoms with Gasteiger partial charge < -0.3 is 11.1 Å². The summed E-state index contributed by atoms with van der Waals surface area (Å²) in [5.74, 6) is 0.606. The summed E-state index contributed by atoms with van der Waals surface area (Å²) in [5.41, 5.74) is 5.96. The van der Waals surface area contributed by atoms with E-state index in [0.717, 1.165) is 19.5 Å². The van der Waals surface area contributed by atoms with E-state index in [0.29, 0.717) is 5.92 Å². The van der Waals surface area contributed by atoms with Crippen molar-refractivity contribution in [2.75, 3.05) is 13.1 Å². The zero-order valence-electron chi connectivity index (χ0n) is 10.9. The van der Waals surface area contributed by atoms with E-state index in [2.05, 4.69) is 24.1 Å². The second-order valence-corrected chi connectivity index (χ2v) is 5.09. The molecule has 16 heavy (non-hydrogen) atoms. The number of amides is 1. The summed E-state index contributed by atoms with van der Waals surface area (Å²) in [4.78, 5) is 14.1. The van der Waals surface area contributed by atoms with Crippen molar-refractivity contribution in [1.82, 2.24) is 10.2 Å². The van der Waals surface area contributed by atoms with E-state index in [9.17, 15) is 4.79 Å². The van der Waals surface area contributed by atoms with E-state index >= 15 is 0 Å². The second-order valence-electron chi connectivity index (χ2n) is 5.09. The summed E-state index contributed by atoms with van der Waals surface area (Å²) in [5, 5.41) is 3.01. The van der Waals surface area contributed by atoms with E-state index in [1.165, 1.54) is 0 Å². The Bertz CT molecular complexity index is 234. The lowest BCUT2D eigenvalue weighted by atomic mass is 10.1. The van der Waals surface area contributed by atoms with Gasteiger partial charge in [-0.25, -0.2) is 0 Å². The Balaban J connectivity index is 2.45. The molecule has 0 spiro atoms. The molecule has 4 unspecified atom stereocenters. The van der Waals surface area contributed by atoms with Crippen LogP contribution in [0.5, 0.6) is 0 Å². The average molecular weight is 227 g/mol. The van der Waals surface area contributed by atoms with Gasteiger partial charge in [0.1, 0.15) is 0 Å². The van der Waals surface area contributed by atoms with E-state index in [4.69, 9.17) is 5.73 Å². The van der Waals surface area contributed by atoms with Crippen LogP contribution in [0.15, 0.2) is 0 Å². The first-order valence-electron chi connectivity index (χ1n) is 6.25. The highest BCUT2D eigenvalue weighted by Gasteiger charge is 2.32. The number of carbonyl (C=O) groups is 1. The van der Waals surface area contributed by atoms with Crippen molar-refractivity contribution in [3.63, 3.8) is 0 Å². The zero-order chi connectivity index (χ0) is 12.3. The molecule has 1 aliphatic heterocycles. The monoisotopic (exact) mass is 227 g/mol. The molecule has 0 bridgehead atoms. The molecule has 4 nitrogen and oxygen atoms in total. The maximum atomic E-state index is 11.9. The van der Waals surface area contributed by atoms with Crippen LogP contribution in [0.25, 0.3) is 0 Å². The molecule has 1 amide bonds. The molecule has 0 saturated carbocycles. The van der Waals surface area contributed by atoms with Crippen LogP contribution in [0, 0.1) is 5.92 Å². The van der Waals surface area contributed by atoms with Gasteiger partial charge in [-0.1, -0.05) is 13.8 Å². The third kappa shape index (κ3) is 3.19. The van der Waals surface area contributed by atoms with Crippen molar-refractivity contribution in [3.05, 3.63) is 0 Å². The summed E-state index contributed by atoms with van der Waals surface area (Å²) in [6.07, 6.45) is 0.967. The number of likely N-dealkylation sites (tertiary alicyclic amines) is 1. The van der Waals surface area contributed by atoms with Crippen molar-refractivity contribution in [2.24, 2.45) is 11.7 Å². The maximum Gasteiger partial charge on any atom is 0.237 e. The number of carbonyl (C=O) groups excluding carboxylic acids is 1. The van der Waals surface area contributed by atoms with E-state index in [1.807, 2.05) is 13.8 Å². The second kappa shape index (κ2) is 5.64. The SMILES string of the molecule is CCC(C)NC(=O)C(C)N1CC(C)C(N)C1. The predicted molar refractivity (Wildman–Crippen MR) is 66.1 cm³/mol. The predicted octanol–water partition coefficient (Wildman–Crippen LogP) is 0.569. The molecule has 4 atom stereocenters. The maximum absolute atomic E-state index is 11.9. The standard InChI is InChI=1S/C12H25N3O/c1-5-9(3)14-12(16)10(4)15-6-8(2)11(13)7-15/h8-11H,5-7,13H2,1-4H3,(H,14,16). The number of nitrogens with one attached hydrogen (secondary N) is 1. The van der Waals surface area contributed by atoms with Gasteiger partial charge in [-0.3, -0.25) is 9.69 Å². The molecule has 1 aliphatic rings. The fourth-order valence-corrected chi connectivity index (χ4v) is 1.98. The Morgan fingerprint density at radius 2 is 2.12 bits per heavy atom. The summed E-state index contributed by atoms with van der Waals surface area (Å²) in [6, 6.07) is 0.396. The molecule has 1 fully saturated rings. The molecule has 1 heterocycles. The molecule has 0 aromatic carbocycles. The van der Waals surface area contributed by atoms with Gasteiger partial charge in [0.05, 0.1) is 6.04 Å². The Hall–Kier alpha value is -0.610. The van der Waals surface area contributed by atoms with Gasteiger partial charge >= 0.3 is 0 Å².